The summed E-state index contributed by atoms with van der Waals surface area (Å²) in [5, 5.41) is 3.17. The molecular formula is C15H24N4O2. The Balaban J connectivity index is 1.88. The summed E-state index contributed by atoms with van der Waals surface area (Å²) in [5.74, 6) is 1.67. The van der Waals surface area contributed by atoms with E-state index >= 15 is 0 Å². The zero-order chi connectivity index (χ0) is 14.8. The number of rotatable bonds is 3. The summed E-state index contributed by atoms with van der Waals surface area (Å²) in [6.07, 6.45) is 0.807. The number of aromatic nitrogens is 2. The molecule has 2 aliphatic heterocycles. The van der Waals surface area contributed by atoms with Crippen LogP contribution in [-0.2, 0) is 22.5 Å². The van der Waals surface area contributed by atoms with Crippen LogP contribution in [0.3, 0.4) is 0 Å². The number of anilines is 1. The fourth-order valence-corrected chi connectivity index (χ4v) is 2.90. The van der Waals surface area contributed by atoms with Gasteiger partial charge < -0.3 is 14.8 Å². The fourth-order valence-electron chi connectivity index (χ4n) is 2.90. The van der Waals surface area contributed by atoms with Crippen LogP contribution in [0.15, 0.2) is 0 Å². The second kappa shape index (κ2) is 6.25. The third kappa shape index (κ3) is 3.02. The van der Waals surface area contributed by atoms with Gasteiger partial charge in [-0.25, -0.2) is 9.97 Å². The van der Waals surface area contributed by atoms with Gasteiger partial charge in [0.2, 0.25) is 0 Å². The van der Waals surface area contributed by atoms with Gasteiger partial charge in [-0.05, 0) is 13.8 Å². The molecule has 6 heteroatoms. The quantitative estimate of drug-likeness (QED) is 0.908. The van der Waals surface area contributed by atoms with Crippen molar-refractivity contribution in [2.45, 2.75) is 39.0 Å². The van der Waals surface area contributed by atoms with E-state index in [-0.39, 0.29) is 6.10 Å². The van der Waals surface area contributed by atoms with Gasteiger partial charge in [-0.15, -0.1) is 0 Å². The number of ether oxygens (including phenoxy) is 2. The van der Waals surface area contributed by atoms with E-state index in [0.717, 1.165) is 55.6 Å². The lowest BCUT2D eigenvalue weighted by Crippen LogP contribution is -2.42. The molecule has 2 aliphatic rings. The smallest absolute Gasteiger partial charge is 0.161 e. The van der Waals surface area contributed by atoms with E-state index in [9.17, 15) is 0 Å². The van der Waals surface area contributed by atoms with Crippen LogP contribution in [0.5, 0.6) is 0 Å². The second-order valence-electron chi connectivity index (χ2n) is 5.86. The van der Waals surface area contributed by atoms with Crippen LogP contribution < -0.4 is 5.32 Å². The predicted molar refractivity (Wildman–Crippen MR) is 80.3 cm³/mol. The molecule has 6 nitrogen and oxygen atoms in total. The molecule has 0 saturated carbocycles. The number of nitrogens with one attached hydrogen (secondary N) is 1. The van der Waals surface area contributed by atoms with E-state index in [2.05, 4.69) is 29.0 Å². The first-order valence-corrected chi connectivity index (χ1v) is 7.70. The van der Waals surface area contributed by atoms with Crippen LogP contribution in [-0.4, -0.2) is 54.3 Å². The number of morpholine rings is 1. The lowest BCUT2D eigenvalue weighted by molar-refractivity contribution is -0.0444. The third-order valence-corrected chi connectivity index (χ3v) is 4.19. The zero-order valence-electron chi connectivity index (χ0n) is 13.1. The number of hydrogen-bond acceptors (Lipinski definition) is 6. The Morgan fingerprint density at radius 1 is 1.29 bits per heavy atom. The molecule has 0 radical (unpaired) electrons. The van der Waals surface area contributed by atoms with Crippen molar-refractivity contribution in [1.82, 2.24) is 14.9 Å². The third-order valence-electron chi connectivity index (χ3n) is 4.19. The first kappa shape index (κ1) is 14.7. The van der Waals surface area contributed by atoms with Gasteiger partial charge in [0.15, 0.2) is 5.82 Å². The Bertz CT molecular complexity index is 489. The predicted octanol–water partition coefficient (Wildman–Crippen LogP) is 1.37. The highest BCUT2D eigenvalue weighted by molar-refractivity contribution is 5.46. The Morgan fingerprint density at radius 2 is 2.14 bits per heavy atom. The summed E-state index contributed by atoms with van der Waals surface area (Å²) >= 11 is 0. The molecule has 3 heterocycles. The zero-order valence-corrected chi connectivity index (χ0v) is 13.1. The van der Waals surface area contributed by atoms with Crippen molar-refractivity contribution in [2.24, 2.45) is 0 Å². The van der Waals surface area contributed by atoms with Crippen LogP contribution in [0.2, 0.25) is 0 Å². The SMILES string of the molecule is CNc1nc(C2CN(C(C)C)CCO2)nc2c1COCC2. The van der Waals surface area contributed by atoms with Gasteiger partial charge >= 0.3 is 0 Å². The highest BCUT2D eigenvalue weighted by atomic mass is 16.5. The summed E-state index contributed by atoms with van der Waals surface area (Å²) in [6.45, 7) is 8.33. The van der Waals surface area contributed by atoms with Gasteiger partial charge in [-0.1, -0.05) is 0 Å². The molecule has 3 rings (SSSR count). The number of fused-ring (bicyclic) bond motifs is 1. The molecule has 0 spiro atoms. The summed E-state index contributed by atoms with van der Waals surface area (Å²) in [6, 6.07) is 0.520. The Labute approximate surface area is 125 Å². The molecule has 1 N–H and O–H groups in total. The largest absolute Gasteiger partial charge is 0.376 e. The van der Waals surface area contributed by atoms with E-state index in [1.54, 1.807) is 0 Å². The minimum Gasteiger partial charge on any atom is -0.376 e. The highest BCUT2D eigenvalue weighted by Gasteiger charge is 2.28. The van der Waals surface area contributed by atoms with Crippen LogP contribution in [0, 0.1) is 0 Å². The lowest BCUT2D eigenvalue weighted by Gasteiger charge is -2.35. The van der Waals surface area contributed by atoms with Crippen molar-refractivity contribution >= 4 is 5.82 Å². The average Bonchev–Trinajstić information content (AvgIpc) is 2.53. The molecule has 0 aromatic carbocycles. The molecule has 21 heavy (non-hydrogen) atoms. The van der Waals surface area contributed by atoms with Crippen LogP contribution in [0.1, 0.15) is 37.0 Å². The second-order valence-corrected chi connectivity index (χ2v) is 5.86. The maximum atomic E-state index is 5.91. The molecule has 1 fully saturated rings. The Hall–Kier alpha value is -1.24. The molecule has 116 valence electrons. The highest BCUT2D eigenvalue weighted by Crippen LogP contribution is 2.27. The van der Waals surface area contributed by atoms with Crippen molar-refractivity contribution in [3.63, 3.8) is 0 Å². The van der Waals surface area contributed by atoms with E-state index in [0.29, 0.717) is 12.6 Å². The molecule has 1 atom stereocenters. The minimum absolute atomic E-state index is 0.0404. The minimum atomic E-state index is -0.0404. The van der Waals surface area contributed by atoms with Crippen molar-refractivity contribution in [2.75, 3.05) is 38.7 Å². The number of nitrogens with zero attached hydrogens (tertiary/aromatic N) is 3. The molecule has 0 amide bonds. The standard InChI is InChI=1S/C15H24N4O2/c1-10(2)19-5-7-21-13(8-19)15-17-12-4-6-20-9-11(12)14(16-3)18-15/h10,13H,4-9H2,1-3H3,(H,16,17,18). The molecule has 0 aliphatic carbocycles. The van der Waals surface area contributed by atoms with Gasteiger partial charge in [0.1, 0.15) is 11.9 Å². The van der Waals surface area contributed by atoms with Crippen LogP contribution in [0.4, 0.5) is 5.82 Å². The molecule has 1 aromatic rings. The van der Waals surface area contributed by atoms with Gasteiger partial charge in [0, 0.05) is 38.2 Å². The van der Waals surface area contributed by atoms with Crippen LogP contribution in [0.25, 0.3) is 0 Å². The normalized spacial score (nSPS) is 23.1. The van der Waals surface area contributed by atoms with Crippen LogP contribution >= 0.6 is 0 Å². The first-order chi connectivity index (χ1) is 10.2. The molecular weight excluding hydrogens is 268 g/mol. The van der Waals surface area contributed by atoms with Gasteiger partial charge in [0.25, 0.3) is 0 Å². The van der Waals surface area contributed by atoms with Crippen molar-refractivity contribution in [3.8, 4) is 0 Å². The van der Waals surface area contributed by atoms with E-state index < -0.39 is 0 Å². The Kier molecular flexibility index (Phi) is 4.37. The Morgan fingerprint density at radius 3 is 2.90 bits per heavy atom. The van der Waals surface area contributed by atoms with E-state index in [1.165, 1.54) is 0 Å². The van der Waals surface area contributed by atoms with E-state index in [1.807, 2.05) is 7.05 Å². The van der Waals surface area contributed by atoms with Crippen molar-refractivity contribution < 1.29 is 9.47 Å². The molecule has 0 bridgehead atoms. The summed E-state index contributed by atoms with van der Waals surface area (Å²) in [5.41, 5.74) is 2.19. The maximum Gasteiger partial charge on any atom is 0.161 e. The van der Waals surface area contributed by atoms with E-state index in [4.69, 9.17) is 14.5 Å². The molecule has 1 saturated heterocycles. The molecule has 1 unspecified atom stereocenters. The fraction of sp³-hybridized carbons (Fsp3) is 0.733. The topological polar surface area (TPSA) is 59.5 Å². The summed E-state index contributed by atoms with van der Waals surface area (Å²) in [7, 11) is 1.89. The number of hydrogen-bond donors (Lipinski definition) is 1. The molecule has 1 aromatic heterocycles. The average molecular weight is 292 g/mol. The monoisotopic (exact) mass is 292 g/mol. The maximum absolute atomic E-state index is 5.91. The van der Waals surface area contributed by atoms with Crippen molar-refractivity contribution in [1.29, 1.82) is 0 Å². The van der Waals surface area contributed by atoms with Gasteiger partial charge in [0.05, 0.1) is 25.5 Å². The summed E-state index contributed by atoms with van der Waals surface area (Å²) in [4.78, 5) is 11.8. The van der Waals surface area contributed by atoms with Gasteiger partial charge in [-0.3, -0.25) is 4.90 Å². The van der Waals surface area contributed by atoms with Crippen molar-refractivity contribution in [3.05, 3.63) is 17.1 Å². The van der Waals surface area contributed by atoms with Gasteiger partial charge in [-0.2, -0.15) is 0 Å². The summed E-state index contributed by atoms with van der Waals surface area (Å²) < 4.78 is 11.4. The lowest BCUT2D eigenvalue weighted by atomic mass is 10.1. The first-order valence-electron chi connectivity index (χ1n) is 7.70.